The van der Waals surface area contributed by atoms with Crippen LogP contribution in [0.15, 0.2) is 22.8 Å². The number of hydrogen-bond acceptors (Lipinski definition) is 4. The predicted octanol–water partition coefficient (Wildman–Crippen LogP) is 6.22. The molecule has 4 heteroatoms. The minimum atomic E-state index is -0.580. The Hall–Kier alpha value is -1.84. The molecule has 0 saturated heterocycles. The SMILES string of the molecule is C/C(C=O)=C\CC[C@@H](C)[C@H]1CC[C@@]2(C)C3=C(C(=O)C[C@]12C)[C@@]1(C)CCC(=O)C(C)(C)[C@@H]1CC3=O. The third-order valence-corrected chi connectivity index (χ3v) is 11.1. The van der Waals surface area contributed by atoms with E-state index in [0.717, 1.165) is 48.7 Å². The van der Waals surface area contributed by atoms with Gasteiger partial charge in [-0.15, -0.1) is 0 Å². The molecular formula is C30H42O4. The zero-order chi connectivity index (χ0) is 25.3. The number of carbonyl (C=O) groups excluding carboxylic acids is 4. The summed E-state index contributed by atoms with van der Waals surface area (Å²) in [6, 6.07) is 0. The van der Waals surface area contributed by atoms with Gasteiger partial charge < -0.3 is 0 Å². The fraction of sp³-hybridized carbons (Fsp3) is 0.733. The van der Waals surface area contributed by atoms with Crippen LogP contribution in [0.2, 0.25) is 0 Å². The van der Waals surface area contributed by atoms with Crippen molar-refractivity contribution in [2.45, 2.75) is 99.8 Å². The van der Waals surface area contributed by atoms with Gasteiger partial charge in [-0.05, 0) is 67.8 Å². The van der Waals surface area contributed by atoms with Crippen molar-refractivity contribution in [1.82, 2.24) is 0 Å². The summed E-state index contributed by atoms with van der Waals surface area (Å²) >= 11 is 0. The fourth-order valence-electron chi connectivity index (χ4n) is 8.75. The molecule has 0 unspecified atom stereocenters. The molecule has 6 atom stereocenters. The molecule has 0 radical (unpaired) electrons. The van der Waals surface area contributed by atoms with Gasteiger partial charge in [-0.1, -0.05) is 47.6 Å². The van der Waals surface area contributed by atoms with Crippen molar-refractivity contribution in [3.8, 4) is 0 Å². The first-order chi connectivity index (χ1) is 15.7. The van der Waals surface area contributed by atoms with E-state index in [9.17, 15) is 19.2 Å². The molecular weight excluding hydrogens is 424 g/mol. The largest absolute Gasteiger partial charge is 0.299 e. The molecule has 4 aliphatic rings. The molecule has 0 amide bonds. The molecule has 186 valence electrons. The molecule has 0 spiro atoms. The smallest absolute Gasteiger partial charge is 0.160 e. The molecule has 4 aliphatic carbocycles. The first kappa shape index (κ1) is 25.3. The molecule has 34 heavy (non-hydrogen) atoms. The van der Waals surface area contributed by atoms with Gasteiger partial charge in [-0.2, -0.15) is 0 Å². The van der Waals surface area contributed by atoms with Gasteiger partial charge in [0.1, 0.15) is 12.1 Å². The van der Waals surface area contributed by atoms with Gasteiger partial charge in [0.15, 0.2) is 11.6 Å². The molecule has 4 rings (SSSR count). The topological polar surface area (TPSA) is 68.3 Å². The lowest BCUT2D eigenvalue weighted by Crippen LogP contribution is -2.58. The van der Waals surface area contributed by atoms with Gasteiger partial charge in [-0.25, -0.2) is 0 Å². The van der Waals surface area contributed by atoms with Crippen LogP contribution >= 0.6 is 0 Å². The predicted molar refractivity (Wildman–Crippen MR) is 133 cm³/mol. The number of rotatable bonds is 5. The van der Waals surface area contributed by atoms with Crippen molar-refractivity contribution in [2.75, 3.05) is 0 Å². The van der Waals surface area contributed by atoms with Gasteiger partial charge in [0.2, 0.25) is 0 Å². The summed E-state index contributed by atoms with van der Waals surface area (Å²) in [6.07, 6.45) is 8.72. The Balaban J connectivity index is 1.74. The van der Waals surface area contributed by atoms with Crippen LogP contribution in [0.3, 0.4) is 0 Å². The van der Waals surface area contributed by atoms with Crippen LogP contribution < -0.4 is 0 Å². The normalized spacial score (nSPS) is 40.6. The van der Waals surface area contributed by atoms with Crippen LogP contribution in [0.5, 0.6) is 0 Å². The first-order valence-electron chi connectivity index (χ1n) is 13.2. The van der Waals surface area contributed by atoms with Crippen molar-refractivity contribution < 1.29 is 19.2 Å². The highest BCUT2D eigenvalue weighted by molar-refractivity contribution is 6.12. The summed E-state index contributed by atoms with van der Waals surface area (Å²) in [4.78, 5) is 51.6. The minimum absolute atomic E-state index is 0.103. The molecule has 0 heterocycles. The van der Waals surface area contributed by atoms with Crippen LogP contribution in [0.1, 0.15) is 99.8 Å². The van der Waals surface area contributed by atoms with Crippen LogP contribution in [-0.4, -0.2) is 23.6 Å². The number of Topliss-reactive ketones (excluding diaryl/α,β-unsaturated/α-hetero) is 3. The summed E-state index contributed by atoms with van der Waals surface area (Å²) in [5.74, 6) is 1.15. The van der Waals surface area contributed by atoms with Gasteiger partial charge >= 0.3 is 0 Å². The highest BCUT2D eigenvalue weighted by Gasteiger charge is 2.67. The third-order valence-electron chi connectivity index (χ3n) is 11.1. The molecule has 2 saturated carbocycles. The molecule has 0 aromatic heterocycles. The van der Waals surface area contributed by atoms with Crippen LogP contribution in [0, 0.1) is 39.4 Å². The quantitative estimate of drug-likeness (QED) is 0.356. The summed E-state index contributed by atoms with van der Waals surface area (Å²) in [5, 5.41) is 0. The summed E-state index contributed by atoms with van der Waals surface area (Å²) < 4.78 is 0. The maximum absolute atomic E-state index is 14.0. The second kappa shape index (κ2) is 8.10. The Morgan fingerprint density at radius 3 is 2.35 bits per heavy atom. The second-order valence-electron chi connectivity index (χ2n) is 13.1. The molecule has 0 N–H and O–H groups in total. The number of carbonyl (C=O) groups is 4. The molecule has 0 bridgehead atoms. The zero-order valence-corrected chi connectivity index (χ0v) is 22.2. The maximum atomic E-state index is 14.0. The highest BCUT2D eigenvalue weighted by Crippen LogP contribution is 2.70. The Bertz CT molecular complexity index is 1010. The number of fused-ring (bicyclic) bond motifs is 4. The number of allylic oxidation sites excluding steroid dienone is 4. The number of hydrogen-bond donors (Lipinski definition) is 0. The van der Waals surface area contributed by atoms with E-state index >= 15 is 0 Å². The van der Waals surface area contributed by atoms with Crippen molar-refractivity contribution in [3.05, 3.63) is 22.8 Å². The van der Waals surface area contributed by atoms with Crippen LogP contribution in [0.4, 0.5) is 0 Å². The summed E-state index contributed by atoms with van der Waals surface area (Å²) in [6.45, 7) is 14.7. The van der Waals surface area contributed by atoms with E-state index in [2.05, 4.69) is 27.7 Å². The standard InChI is InChI=1S/C30H42O4/c1-18(17-31)9-8-10-19(2)20-11-14-29(6)26-21(32)15-23-27(3,4)24(34)12-13-28(23,5)25(26)22(33)16-30(20,29)7/h9,17,19-20,23H,8,10-16H2,1-7H3/b18-9+/t19-,20-,23+,28+,29+,30-/m1/s1. The highest BCUT2D eigenvalue weighted by atomic mass is 16.1. The molecule has 0 aromatic rings. The van der Waals surface area contributed by atoms with Crippen LogP contribution in [0.25, 0.3) is 0 Å². The summed E-state index contributed by atoms with van der Waals surface area (Å²) in [7, 11) is 0. The Labute approximate surface area is 205 Å². The lowest BCUT2D eigenvalue weighted by Gasteiger charge is -2.59. The summed E-state index contributed by atoms with van der Waals surface area (Å²) in [5.41, 5.74) is 0.840. The van der Waals surface area contributed by atoms with E-state index in [4.69, 9.17) is 0 Å². The van der Waals surface area contributed by atoms with E-state index in [0.29, 0.717) is 37.5 Å². The van der Waals surface area contributed by atoms with Crippen molar-refractivity contribution in [2.24, 2.45) is 39.4 Å². The van der Waals surface area contributed by atoms with E-state index in [1.165, 1.54) is 0 Å². The Morgan fingerprint density at radius 1 is 1.03 bits per heavy atom. The average Bonchev–Trinajstić information content (AvgIpc) is 3.03. The van der Waals surface area contributed by atoms with Gasteiger partial charge in [-0.3, -0.25) is 19.2 Å². The maximum Gasteiger partial charge on any atom is 0.160 e. The molecule has 0 aromatic carbocycles. The lowest BCUT2D eigenvalue weighted by molar-refractivity contribution is -0.146. The van der Waals surface area contributed by atoms with Crippen molar-refractivity contribution >= 4 is 23.6 Å². The Morgan fingerprint density at radius 2 is 1.71 bits per heavy atom. The first-order valence-corrected chi connectivity index (χ1v) is 13.2. The fourth-order valence-corrected chi connectivity index (χ4v) is 8.75. The zero-order valence-electron chi connectivity index (χ0n) is 22.2. The van der Waals surface area contributed by atoms with E-state index in [-0.39, 0.29) is 34.1 Å². The van der Waals surface area contributed by atoms with E-state index in [1.54, 1.807) is 0 Å². The minimum Gasteiger partial charge on any atom is -0.299 e. The van der Waals surface area contributed by atoms with Gasteiger partial charge in [0, 0.05) is 46.7 Å². The van der Waals surface area contributed by atoms with E-state index < -0.39 is 10.8 Å². The number of aldehydes is 1. The monoisotopic (exact) mass is 466 g/mol. The average molecular weight is 467 g/mol. The Kier molecular flexibility index (Phi) is 6.02. The van der Waals surface area contributed by atoms with Crippen molar-refractivity contribution in [3.63, 3.8) is 0 Å². The van der Waals surface area contributed by atoms with E-state index in [1.807, 2.05) is 26.8 Å². The van der Waals surface area contributed by atoms with Crippen LogP contribution in [-0.2, 0) is 19.2 Å². The van der Waals surface area contributed by atoms with Gasteiger partial charge in [0.25, 0.3) is 0 Å². The molecule has 2 fully saturated rings. The molecule has 4 nitrogen and oxygen atoms in total. The second-order valence-corrected chi connectivity index (χ2v) is 13.1. The lowest BCUT2D eigenvalue weighted by atomic mass is 9.43. The van der Waals surface area contributed by atoms with Gasteiger partial charge in [0.05, 0.1) is 0 Å². The van der Waals surface area contributed by atoms with Crippen molar-refractivity contribution in [1.29, 1.82) is 0 Å². The number of ketones is 3. The molecule has 0 aliphatic heterocycles. The third kappa shape index (κ3) is 3.30.